The molecule has 0 spiro atoms. The van der Waals surface area contributed by atoms with Crippen molar-refractivity contribution in [1.29, 1.82) is 0 Å². The number of anilines is 1. The molecule has 0 aliphatic rings. The molecule has 4 nitrogen and oxygen atoms in total. The lowest BCUT2D eigenvalue weighted by Gasteiger charge is -2.05. The summed E-state index contributed by atoms with van der Waals surface area (Å²) < 4.78 is 2.02. The highest BCUT2D eigenvalue weighted by Gasteiger charge is 2.13. The number of aromatic nitrogens is 2. The maximum absolute atomic E-state index is 12.4. The number of nitrogens with zero attached hydrogens (tertiary/aromatic N) is 2. The molecule has 0 radical (unpaired) electrons. The van der Waals surface area contributed by atoms with Crippen molar-refractivity contribution in [2.45, 2.75) is 26.7 Å². The predicted octanol–water partition coefficient (Wildman–Crippen LogP) is 5.11. The number of amides is 1. The van der Waals surface area contributed by atoms with Gasteiger partial charge in [-0.15, -0.1) is 11.3 Å². The lowest BCUT2D eigenvalue weighted by Crippen LogP contribution is -2.15. The van der Waals surface area contributed by atoms with Gasteiger partial charge in [0.1, 0.15) is 0 Å². The molecule has 2 heterocycles. The largest absolute Gasteiger partial charge is 0.326 e. The lowest BCUT2D eigenvalue weighted by molar-refractivity contribution is -0.115. The Kier molecular flexibility index (Phi) is 4.77. The van der Waals surface area contributed by atoms with Crippen molar-refractivity contribution in [2.75, 3.05) is 5.32 Å². The summed E-state index contributed by atoms with van der Waals surface area (Å²) in [6.07, 6.45) is 3.36. The van der Waals surface area contributed by atoms with E-state index in [9.17, 15) is 4.79 Å². The zero-order chi connectivity index (χ0) is 18.8. The summed E-state index contributed by atoms with van der Waals surface area (Å²) in [7, 11) is 0. The van der Waals surface area contributed by atoms with Crippen LogP contribution in [0.5, 0.6) is 0 Å². The van der Waals surface area contributed by atoms with Crippen molar-refractivity contribution in [2.24, 2.45) is 0 Å². The fourth-order valence-corrected chi connectivity index (χ4v) is 3.97. The molecule has 0 atom stereocenters. The van der Waals surface area contributed by atoms with Crippen LogP contribution in [0.3, 0.4) is 0 Å². The quantitative estimate of drug-likeness (QED) is 0.526. The van der Waals surface area contributed by atoms with Crippen LogP contribution in [-0.2, 0) is 17.6 Å². The summed E-state index contributed by atoms with van der Waals surface area (Å²) in [6.45, 7) is 4.16. The first-order valence-corrected chi connectivity index (χ1v) is 9.91. The van der Waals surface area contributed by atoms with E-state index in [2.05, 4.69) is 36.5 Å². The van der Waals surface area contributed by atoms with E-state index in [0.29, 0.717) is 6.42 Å². The second-order valence-electron chi connectivity index (χ2n) is 6.65. The average molecular weight is 375 g/mol. The van der Waals surface area contributed by atoms with Crippen LogP contribution in [0.1, 0.15) is 23.7 Å². The third-order valence-electron chi connectivity index (χ3n) is 4.58. The van der Waals surface area contributed by atoms with E-state index in [0.717, 1.165) is 39.6 Å². The number of nitrogens with one attached hydrogen (secondary N) is 1. The van der Waals surface area contributed by atoms with Crippen molar-refractivity contribution in [1.82, 2.24) is 9.38 Å². The molecule has 0 aliphatic carbocycles. The third-order valence-corrected chi connectivity index (χ3v) is 5.47. The number of rotatable bonds is 5. The number of hydrogen-bond donors (Lipinski definition) is 1. The van der Waals surface area contributed by atoms with Crippen molar-refractivity contribution in [3.05, 3.63) is 76.9 Å². The van der Waals surface area contributed by atoms with E-state index in [4.69, 9.17) is 4.98 Å². The molecular formula is C22H21N3OS. The Morgan fingerprint density at radius 3 is 2.74 bits per heavy atom. The van der Waals surface area contributed by atoms with Crippen molar-refractivity contribution in [3.63, 3.8) is 0 Å². The van der Waals surface area contributed by atoms with Crippen molar-refractivity contribution in [3.8, 4) is 11.3 Å². The van der Waals surface area contributed by atoms with Gasteiger partial charge >= 0.3 is 0 Å². The number of fused-ring (bicyclic) bond motifs is 1. The minimum atomic E-state index is -0.0251. The predicted molar refractivity (Wildman–Crippen MR) is 111 cm³/mol. The third kappa shape index (κ3) is 3.78. The number of benzene rings is 2. The Balaban J connectivity index is 1.54. The van der Waals surface area contributed by atoms with Gasteiger partial charge in [-0.1, -0.05) is 43.3 Å². The summed E-state index contributed by atoms with van der Waals surface area (Å²) in [5, 5.41) is 4.97. The van der Waals surface area contributed by atoms with Gasteiger partial charge in [-0.05, 0) is 36.6 Å². The minimum Gasteiger partial charge on any atom is -0.326 e. The monoisotopic (exact) mass is 375 g/mol. The topological polar surface area (TPSA) is 46.4 Å². The highest BCUT2D eigenvalue weighted by molar-refractivity contribution is 7.15. The Labute approximate surface area is 162 Å². The summed E-state index contributed by atoms with van der Waals surface area (Å²) in [6, 6.07) is 16.3. The zero-order valence-corrected chi connectivity index (χ0v) is 16.2. The molecule has 0 saturated heterocycles. The highest BCUT2D eigenvalue weighted by Crippen LogP contribution is 2.24. The van der Waals surface area contributed by atoms with Crippen LogP contribution in [0.25, 0.3) is 16.2 Å². The summed E-state index contributed by atoms with van der Waals surface area (Å²) in [4.78, 5) is 18.1. The van der Waals surface area contributed by atoms with E-state index in [-0.39, 0.29) is 5.91 Å². The molecule has 4 rings (SSSR count). The number of carbonyl (C=O) groups excluding carboxylic acids is 1. The molecule has 0 fully saturated rings. The average Bonchev–Trinajstić information content (AvgIpc) is 3.24. The number of hydrogen-bond acceptors (Lipinski definition) is 3. The molecule has 0 unspecified atom stereocenters. The smallest absolute Gasteiger partial charge is 0.230 e. The van der Waals surface area contributed by atoms with Crippen LogP contribution in [0, 0.1) is 6.92 Å². The van der Waals surface area contributed by atoms with Crippen LogP contribution < -0.4 is 5.32 Å². The Hall–Kier alpha value is -2.92. The zero-order valence-electron chi connectivity index (χ0n) is 15.4. The molecule has 1 amide bonds. The summed E-state index contributed by atoms with van der Waals surface area (Å²) >= 11 is 1.56. The summed E-state index contributed by atoms with van der Waals surface area (Å²) in [5.74, 6) is -0.0251. The van der Waals surface area contributed by atoms with Gasteiger partial charge in [-0.25, -0.2) is 4.98 Å². The maximum atomic E-state index is 12.4. The maximum Gasteiger partial charge on any atom is 0.230 e. The SMILES string of the molecule is CCc1ccc(-c2cn3c(CC(=O)Nc4cccc(C)c4)csc3n2)cc1. The molecule has 1 N–H and O–H groups in total. The first-order valence-electron chi connectivity index (χ1n) is 9.03. The van der Waals surface area contributed by atoms with Crippen molar-refractivity contribution < 1.29 is 4.79 Å². The second-order valence-corrected chi connectivity index (χ2v) is 7.49. The number of carbonyl (C=O) groups is 1. The van der Waals surface area contributed by atoms with Crippen LogP contribution in [0.2, 0.25) is 0 Å². The molecule has 4 aromatic rings. The van der Waals surface area contributed by atoms with Gasteiger partial charge in [-0.2, -0.15) is 0 Å². The first kappa shape index (κ1) is 17.5. The second kappa shape index (κ2) is 7.37. The summed E-state index contributed by atoms with van der Waals surface area (Å²) in [5.41, 5.74) is 6.24. The van der Waals surface area contributed by atoms with Gasteiger partial charge in [0.25, 0.3) is 0 Å². The number of imidazole rings is 1. The number of thiazole rings is 1. The standard InChI is InChI=1S/C22H21N3OS/c1-3-16-7-9-17(10-8-16)20-13-25-19(14-27-22(25)24-20)12-21(26)23-18-6-4-5-15(2)11-18/h4-11,13-14H,3,12H2,1-2H3,(H,23,26). The Morgan fingerprint density at radius 1 is 1.19 bits per heavy atom. The van der Waals surface area contributed by atoms with Crippen LogP contribution in [-0.4, -0.2) is 15.3 Å². The molecule has 5 heteroatoms. The van der Waals surface area contributed by atoms with E-state index >= 15 is 0 Å². The van der Waals surface area contributed by atoms with E-state index < -0.39 is 0 Å². The fraction of sp³-hybridized carbons (Fsp3) is 0.182. The molecule has 136 valence electrons. The van der Waals surface area contributed by atoms with E-state index in [1.54, 1.807) is 11.3 Å². The number of aryl methyl sites for hydroxylation is 2. The first-order chi connectivity index (χ1) is 13.1. The highest BCUT2D eigenvalue weighted by atomic mass is 32.1. The van der Waals surface area contributed by atoms with Gasteiger partial charge in [-0.3, -0.25) is 9.20 Å². The van der Waals surface area contributed by atoms with Gasteiger partial charge in [0.15, 0.2) is 4.96 Å². The van der Waals surface area contributed by atoms with Gasteiger partial charge in [0.2, 0.25) is 5.91 Å². The Bertz CT molecular complexity index is 1090. The van der Waals surface area contributed by atoms with Crippen LogP contribution in [0.15, 0.2) is 60.1 Å². The molecule has 0 aliphatic heterocycles. The molecule has 0 bridgehead atoms. The van der Waals surface area contributed by atoms with Crippen LogP contribution >= 0.6 is 11.3 Å². The van der Waals surface area contributed by atoms with E-state index in [1.165, 1.54) is 5.56 Å². The van der Waals surface area contributed by atoms with Crippen LogP contribution in [0.4, 0.5) is 5.69 Å². The van der Waals surface area contributed by atoms with E-state index in [1.807, 2.05) is 47.2 Å². The van der Waals surface area contributed by atoms with Gasteiger partial charge in [0, 0.05) is 28.5 Å². The molecule has 2 aromatic heterocycles. The minimum absolute atomic E-state index is 0.0251. The lowest BCUT2D eigenvalue weighted by atomic mass is 10.1. The fourth-order valence-electron chi connectivity index (χ4n) is 3.10. The molecule has 0 saturated carbocycles. The molecule has 27 heavy (non-hydrogen) atoms. The Morgan fingerprint density at radius 2 is 2.00 bits per heavy atom. The normalized spacial score (nSPS) is 11.0. The molecule has 2 aromatic carbocycles. The van der Waals surface area contributed by atoms with Gasteiger partial charge < -0.3 is 5.32 Å². The van der Waals surface area contributed by atoms with Gasteiger partial charge in [0.05, 0.1) is 12.1 Å². The van der Waals surface area contributed by atoms with Crippen molar-refractivity contribution >= 4 is 27.9 Å². The molecular weight excluding hydrogens is 354 g/mol.